The molecule has 0 saturated carbocycles. The standard InChI is InChI=1S/C16H30N2O3/c1-13(2)12-18-8-6-16(7-9-18,15(19)20-3)17-11-14-5-4-10-21-14/h13-14,17H,4-12H2,1-3H3. The third kappa shape index (κ3) is 4.41. The predicted octanol–water partition coefficient (Wildman–Crippen LogP) is 1.42. The lowest BCUT2D eigenvalue weighted by Gasteiger charge is -2.41. The van der Waals surface area contributed by atoms with Gasteiger partial charge in [-0.25, -0.2) is 0 Å². The first-order chi connectivity index (χ1) is 10.1. The zero-order valence-corrected chi connectivity index (χ0v) is 13.7. The molecular weight excluding hydrogens is 268 g/mol. The van der Waals surface area contributed by atoms with E-state index >= 15 is 0 Å². The van der Waals surface area contributed by atoms with Crippen molar-refractivity contribution in [2.45, 2.75) is 51.2 Å². The van der Waals surface area contributed by atoms with Crippen LogP contribution in [0.1, 0.15) is 39.5 Å². The topological polar surface area (TPSA) is 50.8 Å². The maximum atomic E-state index is 12.3. The molecule has 0 aromatic heterocycles. The van der Waals surface area contributed by atoms with Gasteiger partial charge in [-0.2, -0.15) is 0 Å². The minimum atomic E-state index is -0.520. The Morgan fingerprint density at radius 3 is 2.67 bits per heavy atom. The van der Waals surface area contributed by atoms with Gasteiger partial charge in [0.1, 0.15) is 5.54 Å². The number of carbonyl (C=O) groups is 1. The number of likely N-dealkylation sites (tertiary alicyclic amines) is 1. The fourth-order valence-electron chi connectivity index (χ4n) is 3.40. The molecule has 5 nitrogen and oxygen atoms in total. The molecule has 122 valence electrons. The highest BCUT2D eigenvalue weighted by Crippen LogP contribution is 2.25. The molecule has 0 spiro atoms. The van der Waals surface area contributed by atoms with Crippen LogP contribution in [0.2, 0.25) is 0 Å². The summed E-state index contributed by atoms with van der Waals surface area (Å²) in [6.45, 7) is 9.06. The van der Waals surface area contributed by atoms with Gasteiger partial charge in [-0.05, 0) is 31.6 Å². The van der Waals surface area contributed by atoms with Crippen LogP contribution in [0.25, 0.3) is 0 Å². The van der Waals surface area contributed by atoms with Gasteiger partial charge >= 0.3 is 5.97 Å². The normalized spacial score (nSPS) is 26.2. The van der Waals surface area contributed by atoms with Crippen molar-refractivity contribution in [3.8, 4) is 0 Å². The highest BCUT2D eigenvalue weighted by Gasteiger charge is 2.42. The lowest BCUT2D eigenvalue weighted by atomic mass is 9.86. The number of hydrogen-bond acceptors (Lipinski definition) is 5. The van der Waals surface area contributed by atoms with Crippen molar-refractivity contribution in [2.75, 3.05) is 39.9 Å². The molecule has 1 unspecified atom stereocenters. The van der Waals surface area contributed by atoms with E-state index in [1.807, 2.05) is 0 Å². The van der Waals surface area contributed by atoms with Crippen molar-refractivity contribution >= 4 is 5.97 Å². The van der Waals surface area contributed by atoms with Gasteiger partial charge in [0.25, 0.3) is 0 Å². The second-order valence-electron chi connectivity index (χ2n) is 6.78. The third-order valence-electron chi connectivity index (χ3n) is 4.60. The van der Waals surface area contributed by atoms with Gasteiger partial charge in [0.05, 0.1) is 13.2 Å². The molecule has 0 amide bonds. The van der Waals surface area contributed by atoms with Crippen LogP contribution in [0.15, 0.2) is 0 Å². The number of piperidine rings is 1. The van der Waals surface area contributed by atoms with Crippen LogP contribution < -0.4 is 5.32 Å². The molecule has 0 aromatic carbocycles. The Morgan fingerprint density at radius 2 is 2.14 bits per heavy atom. The van der Waals surface area contributed by atoms with E-state index in [0.29, 0.717) is 5.92 Å². The first-order valence-electron chi connectivity index (χ1n) is 8.23. The highest BCUT2D eigenvalue weighted by atomic mass is 16.5. The molecule has 1 atom stereocenters. The third-order valence-corrected chi connectivity index (χ3v) is 4.60. The molecular formula is C16H30N2O3. The van der Waals surface area contributed by atoms with Gasteiger partial charge in [-0.3, -0.25) is 10.1 Å². The lowest BCUT2D eigenvalue weighted by Crippen LogP contribution is -2.60. The van der Waals surface area contributed by atoms with Gasteiger partial charge in [0.2, 0.25) is 0 Å². The molecule has 2 saturated heterocycles. The Bertz CT molecular complexity index is 332. The minimum absolute atomic E-state index is 0.121. The molecule has 0 aliphatic carbocycles. The average molecular weight is 298 g/mol. The van der Waals surface area contributed by atoms with Crippen molar-refractivity contribution in [3.63, 3.8) is 0 Å². The number of rotatable bonds is 6. The van der Waals surface area contributed by atoms with Crippen molar-refractivity contribution in [3.05, 3.63) is 0 Å². The summed E-state index contributed by atoms with van der Waals surface area (Å²) in [5.41, 5.74) is -0.520. The maximum Gasteiger partial charge on any atom is 0.326 e. The van der Waals surface area contributed by atoms with E-state index < -0.39 is 5.54 Å². The average Bonchev–Trinajstić information content (AvgIpc) is 2.99. The van der Waals surface area contributed by atoms with Gasteiger partial charge < -0.3 is 14.4 Å². The molecule has 2 rings (SSSR count). The maximum absolute atomic E-state index is 12.3. The number of carbonyl (C=O) groups excluding carboxylic acids is 1. The van der Waals surface area contributed by atoms with E-state index in [4.69, 9.17) is 9.47 Å². The molecule has 2 aliphatic heterocycles. The number of hydrogen-bond donors (Lipinski definition) is 1. The molecule has 0 radical (unpaired) electrons. The summed E-state index contributed by atoms with van der Waals surface area (Å²) >= 11 is 0. The second-order valence-corrected chi connectivity index (χ2v) is 6.78. The van der Waals surface area contributed by atoms with E-state index in [0.717, 1.165) is 58.5 Å². The Hall–Kier alpha value is -0.650. The summed E-state index contributed by atoms with van der Waals surface area (Å²) in [5, 5.41) is 3.48. The summed E-state index contributed by atoms with van der Waals surface area (Å²) in [4.78, 5) is 14.7. The highest BCUT2D eigenvalue weighted by molar-refractivity contribution is 5.81. The Kier molecular flexibility index (Phi) is 6.02. The number of ether oxygens (including phenoxy) is 2. The molecule has 0 aromatic rings. The van der Waals surface area contributed by atoms with Crippen LogP contribution in [0.4, 0.5) is 0 Å². The number of esters is 1. The molecule has 5 heteroatoms. The first-order valence-corrected chi connectivity index (χ1v) is 8.23. The molecule has 2 heterocycles. The van der Waals surface area contributed by atoms with Crippen molar-refractivity contribution in [2.24, 2.45) is 5.92 Å². The largest absolute Gasteiger partial charge is 0.468 e. The Morgan fingerprint density at radius 1 is 1.43 bits per heavy atom. The van der Waals surface area contributed by atoms with E-state index in [2.05, 4.69) is 24.1 Å². The van der Waals surface area contributed by atoms with Gasteiger partial charge in [0, 0.05) is 32.8 Å². The summed E-state index contributed by atoms with van der Waals surface area (Å²) < 4.78 is 10.7. The van der Waals surface area contributed by atoms with Crippen molar-refractivity contribution in [1.82, 2.24) is 10.2 Å². The van der Waals surface area contributed by atoms with Gasteiger partial charge in [-0.15, -0.1) is 0 Å². The van der Waals surface area contributed by atoms with Crippen molar-refractivity contribution < 1.29 is 14.3 Å². The molecule has 2 fully saturated rings. The fourth-order valence-corrected chi connectivity index (χ4v) is 3.40. The van der Waals surface area contributed by atoms with E-state index in [9.17, 15) is 4.79 Å². The van der Waals surface area contributed by atoms with Crippen molar-refractivity contribution in [1.29, 1.82) is 0 Å². The van der Waals surface area contributed by atoms with Crippen LogP contribution in [0.5, 0.6) is 0 Å². The number of nitrogens with one attached hydrogen (secondary N) is 1. The van der Waals surface area contributed by atoms with E-state index in [1.54, 1.807) is 0 Å². The lowest BCUT2D eigenvalue weighted by molar-refractivity contribution is -0.151. The summed E-state index contributed by atoms with van der Waals surface area (Å²) in [6.07, 6.45) is 4.10. The second kappa shape index (κ2) is 7.56. The molecule has 2 aliphatic rings. The minimum Gasteiger partial charge on any atom is -0.468 e. The summed E-state index contributed by atoms with van der Waals surface area (Å²) in [5.74, 6) is 0.542. The SMILES string of the molecule is COC(=O)C1(NCC2CCCO2)CCN(CC(C)C)CC1. The van der Waals surface area contributed by atoms with Gasteiger partial charge in [0.15, 0.2) is 0 Å². The van der Waals surface area contributed by atoms with Gasteiger partial charge in [-0.1, -0.05) is 13.8 Å². The van der Waals surface area contributed by atoms with E-state index in [1.165, 1.54) is 7.11 Å². The van der Waals surface area contributed by atoms with Crippen LogP contribution in [0, 0.1) is 5.92 Å². The Balaban J connectivity index is 1.90. The van der Waals surface area contributed by atoms with Crippen LogP contribution in [0.3, 0.4) is 0 Å². The van der Waals surface area contributed by atoms with Crippen LogP contribution in [-0.4, -0.2) is 62.4 Å². The molecule has 21 heavy (non-hydrogen) atoms. The molecule has 0 bridgehead atoms. The number of nitrogens with zero attached hydrogens (tertiary/aromatic N) is 1. The zero-order chi connectivity index (χ0) is 15.3. The fraction of sp³-hybridized carbons (Fsp3) is 0.938. The monoisotopic (exact) mass is 298 g/mol. The Labute approximate surface area is 128 Å². The van der Waals surface area contributed by atoms with Crippen LogP contribution in [-0.2, 0) is 14.3 Å². The van der Waals surface area contributed by atoms with E-state index in [-0.39, 0.29) is 12.1 Å². The van der Waals surface area contributed by atoms with Crippen LogP contribution >= 0.6 is 0 Å². The summed E-state index contributed by atoms with van der Waals surface area (Å²) in [7, 11) is 1.48. The predicted molar refractivity (Wildman–Crippen MR) is 82.2 cm³/mol. The first kappa shape index (κ1) is 16.7. The molecule has 1 N–H and O–H groups in total. The summed E-state index contributed by atoms with van der Waals surface area (Å²) in [6, 6.07) is 0. The zero-order valence-electron chi connectivity index (χ0n) is 13.7. The quantitative estimate of drug-likeness (QED) is 0.752. The smallest absolute Gasteiger partial charge is 0.326 e. The number of methoxy groups -OCH3 is 1.